The largest absolute Gasteiger partial charge is 0.506 e. The molecule has 0 saturated heterocycles. The van der Waals surface area contributed by atoms with Gasteiger partial charge in [0.05, 0.1) is 11.9 Å². The lowest BCUT2D eigenvalue weighted by atomic mass is 10.2. The van der Waals surface area contributed by atoms with E-state index in [0.29, 0.717) is 12.1 Å². The van der Waals surface area contributed by atoms with Gasteiger partial charge < -0.3 is 20.6 Å². The van der Waals surface area contributed by atoms with Gasteiger partial charge in [0.15, 0.2) is 0 Å². The number of amides is 1. The number of hydrogen-bond acceptors (Lipinski definition) is 4. The van der Waals surface area contributed by atoms with Crippen LogP contribution in [-0.2, 0) is 4.79 Å². The highest BCUT2D eigenvalue weighted by Gasteiger charge is 2.25. The number of aromatic hydroxyl groups is 1. The van der Waals surface area contributed by atoms with Crippen molar-refractivity contribution in [2.45, 2.75) is 26.4 Å². The normalized spacial score (nSPS) is 17.6. The van der Waals surface area contributed by atoms with Crippen LogP contribution in [0.25, 0.3) is 0 Å². The highest BCUT2D eigenvalue weighted by atomic mass is 16.3. The molecule has 5 nitrogen and oxygen atoms in total. The highest BCUT2D eigenvalue weighted by Crippen LogP contribution is 2.42. The smallest absolute Gasteiger partial charge is 0.224 e. The van der Waals surface area contributed by atoms with Crippen LogP contribution in [0.1, 0.15) is 20.3 Å². The lowest BCUT2D eigenvalue weighted by Gasteiger charge is -2.17. The molecule has 0 radical (unpaired) electrons. The van der Waals surface area contributed by atoms with Gasteiger partial charge in [-0.1, -0.05) is 6.92 Å². The molecule has 92 valence electrons. The topological polar surface area (TPSA) is 64.6 Å². The Hall–Kier alpha value is -1.91. The number of nitrogens with zero attached hydrogens (tertiary/aromatic N) is 1. The molecule has 1 heterocycles. The summed E-state index contributed by atoms with van der Waals surface area (Å²) in [6.45, 7) is 3.79. The van der Waals surface area contributed by atoms with Crippen molar-refractivity contribution in [2.75, 3.05) is 22.6 Å². The third-order valence-corrected chi connectivity index (χ3v) is 3.02. The average molecular weight is 235 g/mol. The number of phenolic OH excluding ortho intramolecular Hbond substituents is 1. The quantitative estimate of drug-likeness (QED) is 0.685. The SMILES string of the molecule is CCC(=O)Nc1cc(O)c2c(c1)N(C)C(C)N2. The van der Waals surface area contributed by atoms with Gasteiger partial charge in [0.25, 0.3) is 0 Å². The summed E-state index contributed by atoms with van der Waals surface area (Å²) < 4.78 is 0. The second-order valence-electron chi connectivity index (χ2n) is 4.22. The van der Waals surface area contributed by atoms with Crippen LogP contribution in [0.2, 0.25) is 0 Å². The van der Waals surface area contributed by atoms with E-state index in [1.54, 1.807) is 13.0 Å². The molecule has 1 aromatic rings. The van der Waals surface area contributed by atoms with E-state index in [-0.39, 0.29) is 17.8 Å². The Kier molecular flexibility index (Phi) is 2.83. The summed E-state index contributed by atoms with van der Waals surface area (Å²) in [5, 5.41) is 15.8. The van der Waals surface area contributed by atoms with Crippen molar-refractivity contribution in [1.82, 2.24) is 0 Å². The van der Waals surface area contributed by atoms with Crippen LogP contribution in [0.4, 0.5) is 17.1 Å². The fourth-order valence-electron chi connectivity index (χ4n) is 1.87. The van der Waals surface area contributed by atoms with Crippen LogP contribution in [0, 0.1) is 0 Å². The van der Waals surface area contributed by atoms with E-state index in [1.165, 1.54) is 0 Å². The Morgan fingerprint density at radius 2 is 2.29 bits per heavy atom. The number of rotatable bonds is 2. The van der Waals surface area contributed by atoms with E-state index in [0.717, 1.165) is 11.4 Å². The van der Waals surface area contributed by atoms with Crippen molar-refractivity contribution >= 4 is 23.0 Å². The van der Waals surface area contributed by atoms with Gasteiger partial charge >= 0.3 is 0 Å². The van der Waals surface area contributed by atoms with Gasteiger partial charge in [-0.15, -0.1) is 0 Å². The van der Waals surface area contributed by atoms with E-state index >= 15 is 0 Å². The van der Waals surface area contributed by atoms with Gasteiger partial charge in [-0.3, -0.25) is 4.79 Å². The van der Waals surface area contributed by atoms with Crippen molar-refractivity contribution in [2.24, 2.45) is 0 Å². The predicted octanol–water partition coefficient (Wildman–Crippen LogP) is 1.95. The molecule has 2 rings (SSSR count). The average Bonchev–Trinajstić information content (AvgIpc) is 2.57. The number of carbonyl (C=O) groups excluding carboxylic acids is 1. The molecule has 0 bridgehead atoms. The first-order valence-corrected chi connectivity index (χ1v) is 5.69. The zero-order chi connectivity index (χ0) is 12.6. The molecule has 5 heteroatoms. The van der Waals surface area contributed by atoms with Crippen LogP contribution < -0.4 is 15.5 Å². The standard InChI is InChI=1S/C12H17N3O2/c1-4-11(17)14-8-5-9-12(10(16)6-8)13-7(2)15(9)3/h5-7,13,16H,4H2,1-3H3,(H,14,17). The van der Waals surface area contributed by atoms with Gasteiger partial charge in [0, 0.05) is 25.2 Å². The van der Waals surface area contributed by atoms with E-state index in [2.05, 4.69) is 10.6 Å². The zero-order valence-corrected chi connectivity index (χ0v) is 10.2. The minimum atomic E-state index is -0.0639. The first kappa shape index (κ1) is 11.6. The van der Waals surface area contributed by atoms with Crippen LogP contribution in [0.5, 0.6) is 5.75 Å². The van der Waals surface area contributed by atoms with Crippen molar-refractivity contribution in [3.8, 4) is 5.75 Å². The molecule has 17 heavy (non-hydrogen) atoms. The summed E-state index contributed by atoms with van der Waals surface area (Å²) in [4.78, 5) is 13.3. The highest BCUT2D eigenvalue weighted by molar-refractivity contribution is 5.94. The van der Waals surface area contributed by atoms with Gasteiger partial charge in [-0.2, -0.15) is 0 Å². The summed E-state index contributed by atoms with van der Waals surface area (Å²) >= 11 is 0. The molecular formula is C12H17N3O2. The van der Waals surface area contributed by atoms with Crippen LogP contribution in [0.3, 0.4) is 0 Å². The Balaban J connectivity index is 2.35. The Bertz CT molecular complexity index is 459. The summed E-state index contributed by atoms with van der Waals surface area (Å²) in [5.41, 5.74) is 2.23. The van der Waals surface area contributed by atoms with Gasteiger partial charge in [0.1, 0.15) is 11.4 Å². The molecule has 1 aliphatic rings. The van der Waals surface area contributed by atoms with Gasteiger partial charge in [-0.25, -0.2) is 0 Å². The number of fused-ring (bicyclic) bond motifs is 1. The van der Waals surface area contributed by atoms with Crippen molar-refractivity contribution in [3.05, 3.63) is 12.1 Å². The van der Waals surface area contributed by atoms with Crippen LogP contribution in [0.15, 0.2) is 12.1 Å². The van der Waals surface area contributed by atoms with Crippen molar-refractivity contribution < 1.29 is 9.90 Å². The van der Waals surface area contributed by atoms with Crippen LogP contribution >= 0.6 is 0 Å². The lowest BCUT2D eigenvalue weighted by Crippen LogP contribution is -2.28. The minimum Gasteiger partial charge on any atom is -0.506 e. The second-order valence-corrected chi connectivity index (χ2v) is 4.22. The van der Waals surface area contributed by atoms with E-state index in [9.17, 15) is 9.90 Å². The molecule has 1 amide bonds. The summed E-state index contributed by atoms with van der Waals surface area (Å²) in [7, 11) is 1.94. The molecule has 1 aromatic carbocycles. The molecule has 0 fully saturated rings. The van der Waals surface area contributed by atoms with E-state index in [1.807, 2.05) is 24.9 Å². The second kappa shape index (κ2) is 4.16. The number of anilines is 3. The van der Waals surface area contributed by atoms with Crippen LogP contribution in [-0.4, -0.2) is 24.2 Å². The Labute approximate surface area is 100 Å². The number of hydrogen-bond donors (Lipinski definition) is 3. The third kappa shape index (κ3) is 2.00. The maximum absolute atomic E-state index is 11.3. The minimum absolute atomic E-state index is 0.0639. The number of carbonyl (C=O) groups is 1. The third-order valence-electron chi connectivity index (χ3n) is 3.02. The molecule has 3 N–H and O–H groups in total. The molecule has 1 atom stereocenters. The van der Waals surface area contributed by atoms with Crippen molar-refractivity contribution in [3.63, 3.8) is 0 Å². The van der Waals surface area contributed by atoms with Gasteiger partial charge in [0.2, 0.25) is 5.91 Å². The lowest BCUT2D eigenvalue weighted by molar-refractivity contribution is -0.115. The predicted molar refractivity (Wildman–Crippen MR) is 68.5 cm³/mol. The fourth-order valence-corrected chi connectivity index (χ4v) is 1.87. The molecule has 0 spiro atoms. The van der Waals surface area contributed by atoms with E-state index < -0.39 is 0 Å². The maximum Gasteiger partial charge on any atom is 0.224 e. The van der Waals surface area contributed by atoms with Crippen molar-refractivity contribution in [1.29, 1.82) is 0 Å². The monoisotopic (exact) mass is 235 g/mol. The summed E-state index contributed by atoms with van der Waals surface area (Å²) in [6.07, 6.45) is 0.551. The van der Waals surface area contributed by atoms with E-state index in [4.69, 9.17) is 0 Å². The molecule has 0 aromatic heterocycles. The first-order chi connectivity index (χ1) is 8.02. The summed E-state index contributed by atoms with van der Waals surface area (Å²) in [5.74, 6) is 0.0936. The number of nitrogens with one attached hydrogen (secondary N) is 2. The zero-order valence-electron chi connectivity index (χ0n) is 10.2. The molecule has 1 unspecified atom stereocenters. The maximum atomic E-state index is 11.3. The molecule has 0 aliphatic carbocycles. The van der Waals surface area contributed by atoms with Gasteiger partial charge in [-0.05, 0) is 13.0 Å². The summed E-state index contributed by atoms with van der Waals surface area (Å²) in [6, 6.07) is 3.42. The number of benzene rings is 1. The molecule has 0 saturated carbocycles. The Morgan fingerprint density at radius 3 is 2.94 bits per heavy atom. The molecule has 1 aliphatic heterocycles. The molecular weight excluding hydrogens is 218 g/mol. The first-order valence-electron chi connectivity index (χ1n) is 5.69. The fraction of sp³-hybridized carbons (Fsp3) is 0.417. The number of phenols is 1. The Morgan fingerprint density at radius 1 is 1.59 bits per heavy atom.